The minimum atomic E-state index is -0.212. The summed E-state index contributed by atoms with van der Waals surface area (Å²) in [7, 11) is 0. The largest absolute Gasteiger partial charge is 0.370 e. The number of nitrogens with zero attached hydrogens (tertiary/aromatic N) is 2. The van der Waals surface area contributed by atoms with Crippen LogP contribution in [0, 0.1) is 5.82 Å². The number of hydrogen-bond donors (Lipinski definition) is 2. The molecule has 4 nitrogen and oxygen atoms in total. The van der Waals surface area contributed by atoms with Gasteiger partial charge in [0.05, 0.1) is 6.04 Å². The quantitative estimate of drug-likeness (QED) is 0.669. The predicted octanol–water partition coefficient (Wildman–Crippen LogP) is 4.44. The van der Waals surface area contributed by atoms with E-state index in [2.05, 4.69) is 39.7 Å². The van der Waals surface area contributed by atoms with Gasteiger partial charge in [0.1, 0.15) is 11.6 Å². The molecule has 1 unspecified atom stereocenters. The van der Waals surface area contributed by atoms with Gasteiger partial charge in [0.15, 0.2) is 0 Å². The van der Waals surface area contributed by atoms with E-state index in [1.54, 1.807) is 18.3 Å². The Morgan fingerprint density at radius 3 is 2.52 bits per heavy atom. The summed E-state index contributed by atoms with van der Waals surface area (Å²) in [6.07, 6.45) is 2.53. The number of aromatic nitrogens is 2. The molecule has 0 fully saturated rings. The van der Waals surface area contributed by atoms with Gasteiger partial charge < -0.3 is 10.6 Å². The van der Waals surface area contributed by atoms with Gasteiger partial charge in [-0.3, -0.25) is 0 Å². The zero-order chi connectivity index (χ0) is 17.5. The molecule has 0 aliphatic carbocycles. The second-order valence-corrected chi connectivity index (χ2v) is 5.85. The van der Waals surface area contributed by atoms with Crippen LogP contribution in [0.1, 0.15) is 24.1 Å². The minimum absolute atomic E-state index is 0.121. The van der Waals surface area contributed by atoms with Gasteiger partial charge in [0, 0.05) is 12.7 Å². The first-order valence-corrected chi connectivity index (χ1v) is 8.33. The van der Waals surface area contributed by atoms with Crippen molar-refractivity contribution >= 4 is 11.8 Å². The van der Waals surface area contributed by atoms with Crippen LogP contribution in [-0.4, -0.2) is 16.5 Å². The SMILES string of the molecule is CC(Nc1nccc(NCCc2ccc(F)cc2)n1)c1ccccc1. The molecule has 1 heterocycles. The molecule has 0 amide bonds. The molecule has 3 aromatic rings. The van der Waals surface area contributed by atoms with Crippen molar-refractivity contribution in [2.75, 3.05) is 17.2 Å². The van der Waals surface area contributed by atoms with Crippen molar-refractivity contribution in [1.82, 2.24) is 9.97 Å². The maximum absolute atomic E-state index is 12.9. The molecule has 128 valence electrons. The third-order valence-electron chi connectivity index (χ3n) is 3.93. The van der Waals surface area contributed by atoms with E-state index < -0.39 is 0 Å². The molecule has 0 radical (unpaired) electrons. The van der Waals surface area contributed by atoms with Gasteiger partial charge in [-0.25, -0.2) is 9.37 Å². The van der Waals surface area contributed by atoms with Gasteiger partial charge in [-0.1, -0.05) is 42.5 Å². The van der Waals surface area contributed by atoms with Crippen LogP contribution in [0.25, 0.3) is 0 Å². The Balaban J connectivity index is 1.55. The fraction of sp³-hybridized carbons (Fsp3) is 0.200. The highest BCUT2D eigenvalue weighted by Crippen LogP contribution is 2.17. The standard InChI is InChI=1S/C20H21FN4/c1-15(17-5-3-2-4-6-17)24-20-23-14-12-19(25-20)22-13-11-16-7-9-18(21)10-8-16/h2-10,12,14-15H,11,13H2,1H3,(H2,22,23,24,25). The molecule has 2 N–H and O–H groups in total. The first-order valence-electron chi connectivity index (χ1n) is 8.33. The molecule has 3 rings (SSSR count). The van der Waals surface area contributed by atoms with Crippen LogP contribution < -0.4 is 10.6 Å². The van der Waals surface area contributed by atoms with E-state index in [-0.39, 0.29) is 11.9 Å². The molecule has 0 saturated heterocycles. The van der Waals surface area contributed by atoms with Gasteiger partial charge in [0.2, 0.25) is 5.95 Å². The highest BCUT2D eigenvalue weighted by Gasteiger charge is 2.07. The molecule has 1 aromatic heterocycles. The first-order chi connectivity index (χ1) is 12.2. The van der Waals surface area contributed by atoms with Crippen LogP contribution in [-0.2, 0) is 6.42 Å². The van der Waals surface area contributed by atoms with Gasteiger partial charge in [0.25, 0.3) is 0 Å². The normalized spacial score (nSPS) is 11.8. The molecule has 0 spiro atoms. The smallest absolute Gasteiger partial charge is 0.225 e. The predicted molar refractivity (Wildman–Crippen MR) is 99.1 cm³/mol. The number of halogens is 1. The number of nitrogens with one attached hydrogen (secondary N) is 2. The van der Waals surface area contributed by atoms with E-state index >= 15 is 0 Å². The number of hydrogen-bond acceptors (Lipinski definition) is 4. The summed E-state index contributed by atoms with van der Waals surface area (Å²) in [5, 5.41) is 6.59. The summed E-state index contributed by atoms with van der Waals surface area (Å²) in [5.74, 6) is 1.14. The summed E-state index contributed by atoms with van der Waals surface area (Å²) in [5.41, 5.74) is 2.26. The summed E-state index contributed by atoms with van der Waals surface area (Å²) in [4.78, 5) is 8.77. The van der Waals surface area contributed by atoms with Crippen LogP contribution in [0.3, 0.4) is 0 Å². The third kappa shape index (κ3) is 5.01. The van der Waals surface area contributed by atoms with Crippen molar-refractivity contribution in [2.24, 2.45) is 0 Å². The van der Waals surface area contributed by atoms with Crippen molar-refractivity contribution in [2.45, 2.75) is 19.4 Å². The maximum Gasteiger partial charge on any atom is 0.225 e. The lowest BCUT2D eigenvalue weighted by atomic mass is 10.1. The van der Waals surface area contributed by atoms with Crippen LogP contribution in [0.4, 0.5) is 16.2 Å². The van der Waals surface area contributed by atoms with E-state index in [9.17, 15) is 4.39 Å². The molecule has 2 aromatic carbocycles. The van der Waals surface area contributed by atoms with Gasteiger partial charge in [-0.2, -0.15) is 4.98 Å². The Morgan fingerprint density at radius 2 is 1.76 bits per heavy atom. The van der Waals surface area contributed by atoms with Gasteiger partial charge in [-0.05, 0) is 42.7 Å². The zero-order valence-electron chi connectivity index (χ0n) is 14.1. The van der Waals surface area contributed by atoms with E-state index in [0.29, 0.717) is 5.95 Å². The lowest BCUT2D eigenvalue weighted by Gasteiger charge is -2.14. The van der Waals surface area contributed by atoms with Crippen molar-refractivity contribution in [3.63, 3.8) is 0 Å². The van der Waals surface area contributed by atoms with Crippen molar-refractivity contribution in [1.29, 1.82) is 0 Å². The lowest BCUT2D eigenvalue weighted by Crippen LogP contribution is -2.11. The highest BCUT2D eigenvalue weighted by atomic mass is 19.1. The molecule has 1 atom stereocenters. The molecule has 0 aliphatic rings. The number of benzene rings is 2. The van der Waals surface area contributed by atoms with Crippen molar-refractivity contribution in [3.8, 4) is 0 Å². The van der Waals surface area contributed by atoms with Crippen molar-refractivity contribution in [3.05, 3.63) is 83.8 Å². The zero-order valence-corrected chi connectivity index (χ0v) is 14.1. The monoisotopic (exact) mass is 336 g/mol. The Kier molecular flexibility index (Phi) is 5.57. The molecule has 0 saturated carbocycles. The van der Waals surface area contributed by atoms with E-state index in [0.717, 1.165) is 24.3 Å². The fourth-order valence-corrected chi connectivity index (χ4v) is 2.53. The number of anilines is 2. The van der Waals surface area contributed by atoms with Gasteiger partial charge in [-0.15, -0.1) is 0 Å². The second kappa shape index (κ2) is 8.24. The molecule has 0 aliphatic heterocycles. The molecular weight excluding hydrogens is 315 g/mol. The third-order valence-corrected chi connectivity index (χ3v) is 3.93. The number of rotatable bonds is 7. The van der Waals surface area contributed by atoms with Crippen LogP contribution in [0.2, 0.25) is 0 Å². The summed E-state index contributed by atoms with van der Waals surface area (Å²) in [6.45, 7) is 2.80. The second-order valence-electron chi connectivity index (χ2n) is 5.85. The average molecular weight is 336 g/mol. The summed E-state index contributed by atoms with van der Waals surface area (Å²) < 4.78 is 12.9. The summed E-state index contributed by atoms with van der Waals surface area (Å²) >= 11 is 0. The van der Waals surface area contributed by atoms with Gasteiger partial charge >= 0.3 is 0 Å². The maximum atomic E-state index is 12.9. The lowest BCUT2D eigenvalue weighted by molar-refractivity contribution is 0.627. The Morgan fingerprint density at radius 1 is 1.00 bits per heavy atom. The Bertz CT molecular complexity index is 790. The molecule has 0 bridgehead atoms. The van der Waals surface area contributed by atoms with Crippen molar-refractivity contribution < 1.29 is 4.39 Å². The Hall–Kier alpha value is -2.95. The van der Waals surface area contributed by atoms with E-state index in [1.807, 2.05) is 24.3 Å². The van der Waals surface area contributed by atoms with E-state index in [4.69, 9.17) is 0 Å². The average Bonchev–Trinajstić information content (AvgIpc) is 2.64. The summed E-state index contributed by atoms with van der Waals surface area (Å²) in [6, 6.07) is 18.7. The highest BCUT2D eigenvalue weighted by molar-refractivity contribution is 5.41. The molecular formula is C20H21FN4. The van der Waals surface area contributed by atoms with Crippen LogP contribution in [0.15, 0.2) is 66.9 Å². The molecule has 25 heavy (non-hydrogen) atoms. The van der Waals surface area contributed by atoms with Crippen LogP contribution >= 0.6 is 0 Å². The Labute approximate surface area is 147 Å². The topological polar surface area (TPSA) is 49.8 Å². The van der Waals surface area contributed by atoms with Crippen LogP contribution in [0.5, 0.6) is 0 Å². The van der Waals surface area contributed by atoms with E-state index in [1.165, 1.54) is 17.7 Å². The fourth-order valence-electron chi connectivity index (χ4n) is 2.53. The minimum Gasteiger partial charge on any atom is -0.370 e. The first kappa shape index (κ1) is 16.9. The molecule has 5 heteroatoms.